The smallest absolute Gasteiger partial charge is 0.364 e. The maximum atomic E-state index is 13.4. The Morgan fingerprint density at radius 1 is 0.607 bits per heavy atom. The van der Waals surface area contributed by atoms with Gasteiger partial charge >= 0.3 is 5.97 Å². The second-order valence-electron chi connectivity index (χ2n) is 24.7. The number of aliphatic carboxylic acids is 1. The van der Waals surface area contributed by atoms with Crippen LogP contribution in [0.15, 0.2) is 36.5 Å². The second kappa shape index (κ2) is 46.9. The average molecular weight is 1280 g/mol. The van der Waals surface area contributed by atoms with E-state index in [0.29, 0.717) is 12.8 Å². The second-order valence-corrected chi connectivity index (χ2v) is 24.7. The Labute approximate surface area is 529 Å². The topological polar surface area (TPSA) is 373 Å². The lowest BCUT2D eigenvalue weighted by atomic mass is 9.88. The largest absolute Gasteiger partial charge is 0.477 e. The van der Waals surface area contributed by atoms with Crippen molar-refractivity contribution < 1.29 is 104 Å². The third-order valence-corrected chi connectivity index (χ3v) is 17.1. The molecule has 3 aliphatic heterocycles. The number of rotatable bonds is 50. The molecular weight excluding hydrogens is 1160 g/mol. The lowest BCUT2D eigenvalue weighted by molar-refractivity contribution is -0.386. The molecule has 3 saturated heterocycles. The van der Waals surface area contributed by atoms with Crippen molar-refractivity contribution in [3.8, 4) is 0 Å². The zero-order chi connectivity index (χ0) is 65.4. The van der Waals surface area contributed by atoms with Gasteiger partial charge in [0.2, 0.25) is 11.8 Å². The number of amides is 2. The van der Waals surface area contributed by atoms with Crippen molar-refractivity contribution in [2.45, 2.75) is 336 Å². The van der Waals surface area contributed by atoms with Gasteiger partial charge in [-0.2, -0.15) is 0 Å². The Hall–Kier alpha value is -3.05. The Bertz CT molecular complexity index is 1950. The summed E-state index contributed by atoms with van der Waals surface area (Å²) in [5, 5.41) is 136. The van der Waals surface area contributed by atoms with Crippen LogP contribution in [0.2, 0.25) is 0 Å². The molecule has 18 atom stereocenters. The molecule has 0 aromatic rings. The molecule has 3 heterocycles. The number of carbonyl (C=O) groups is 3. The molecule has 23 nitrogen and oxygen atoms in total. The maximum Gasteiger partial charge on any atom is 0.364 e. The molecule has 0 radical (unpaired) electrons. The molecule has 0 saturated carbocycles. The van der Waals surface area contributed by atoms with Crippen molar-refractivity contribution in [1.82, 2.24) is 10.6 Å². The summed E-state index contributed by atoms with van der Waals surface area (Å²) in [5.41, 5.74) is 0. The van der Waals surface area contributed by atoms with Crippen LogP contribution in [0.5, 0.6) is 0 Å². The van der Waals surface area contributed by atoms with E-state index in [1.165, 1.54) is 122 Å². The standard InChI is InChI=1S/C66H118N2O21/c1-4-6-8-10-12-14-16-18-20-21-22-23-24-25-26-28-30-32-34-36-38-40-53(76)68-47(48(73)39-37-35-33-31-29-27-19-17-15-13-11-9-7-5-2)45-84-63-58(80)57(79)60(52(44-71)86-63)87-64-59(81)62(56(78)51(43-70)85-64)89-66(65(82)83)41-49(74)54(67-46(3)72)61(88-66)55(77)50(75)42-69/h6,8,12,14,37,39,47-52,54-64,69-71,73-75,77-81H,4-5,7,9-11,13,15-36,38,40-45H2,1-3H3,(H,67,72)(H,68,76)(H,82,83)/b8-6-,14-12-,39-37+. The molecule has 89 heavy (non-hydrogen) atoms. The summed E-state index contributed by atoms with van der Waals surface area (Å²) >= 11 is 0. The third-order valence-electron chi connectivity index (χ3n) is 17.1. The minimum atomic E-state index is -3.08. The number of carbonyl (C=O) groups excluding carboxylic acids is 2. The molecular formula is C66H118N2O21. The van der Waals surface area contributed by atoms with Crippen molar-refractivity contribution >= 4 is 17.8 Å². The fourth-order valence-corrected chi connectivity index (χ4v) is 11.7. The fourth-order valence-electron chi connectivity index (χ4n) is 11.7. The van der Waals surface area contributed by atoms with Crippen LogP contribution in [0, 0.1) is 0 Å². The van der Waals surface area contributed by atoms with Gasteiger partial charge in [-0.25, -0.2) is 4.79 Å². The number of aliphatic hydroxyl groups is 11. The molecule has 14 N–H and O–H groups in total. The highest BCUT2D eigenvalue weighted by Gasteiger charge is 2.60. The van der Waals surface area contributed by atoms with Gasteiger partial charge < -0.3 is 100 Å². The highest BCUT2D eigenvalue weighted by Crippen LogP contribution is 2.39. The molecule has 18 unspecified atom stereocenters. The summed E-state index contributed by atoms with van der Waals surface area (Å²) in [6, 6.07) is -2.62. The number of hydrogen-bond acceptors (Lipinski definition) is 20. The number of hydrogen-bond donors (Lipinski definition) is 14. The number of aliphatic hydroxyl groups excluding tert-OH is 11. The summed E-state index contributed by atoms with van der Waals surface area (Å²) in [4.78, 5) is 38.5. The number of nitrogens with one attached hydrogen (secondary N) is 2. The quantitative estimate of drug-likeness (QED) is 0.0266. The Morgan fingerprint density at radius 3 is 1.64 bits per heavy atom. The molecule has 2 amide bonds. The molecule has 3 aliphatic rings. The predicted octanol–water partition coefficient (Wildman–Crippen LogP) is 5.45. The van der Waals surface area contributed by atoms with Gasteiger partial charge in [-0.3, -0.25) is 9.59 Å². The lowest BCUT2D eigenvalue weighted by Crippen LogP contribution is -2.70. The SMILES string of the molecule is CC/C=C\C/C=C\CCCCCCCCCCCCCCCCC(=O)NC(COC1OC(CO)C(OC2OC(CO)C(O)C(OC3(C(=O)O)CC(O)C(NC(C)=O)C(C(O)C(O)CO)O3)C2O)C(O)C1O)C(O)/C=C/CCCCCCCCCCCCCC. The summed E-state index contributed by atoms with van der Waals surface area (Å²) < 4.78 is 34.8. The van der Waals surface area contributed by atoms with E-state index in [1.54, 1.807) is 6.08 Å². The van der Waals surface area contributed by atoms with E-state index < -0.39 is 155 Å². The maximum absolute atomic E-state index is 13.4. The average Bonchev–Trinajstić information content (AvgIpc) is 0.878. The van der Waals surface area contributed by atoms with E-state index in [1.807, 2.05) is 6.08 Å². The molecule has 0 aliphatic carbocycles. The van der Waals surface area contributed by atoms with Crippen molar-refractivity contribution in [1.29, 1.82) is 0 Å². The zero-order valence-corrected chi connectivity index (χ0v) is 53.8. The van der Waals surface area contributed by atoms with Gasteiger partial charge in [0, 0.05) is 19.8 Å². The van der Waals surface area contributed by atoms with Crippen LogP contribution >= 0.6 is 0 Å². The molecule has 0 bridgehead atoms. The summed E-state index contributed by atoms with van der Waals surface area (Å²) in [6.07, 6.45) is 17.6. The predicted molar refractivity (Wildman–Crippen MR) is 334 cm³/mol. The first-order valence-electron chi connectivity index (χ1n) is 33.9. The fraction of sp³-hybridized carbons (Fsp3) is 0.864. The van der Waals surface area contributed by atoms with Gasteiger partial charge in [0.25, 0.3) is 5.79 Å². The van der Waals surface area contributed by atoms with E-state index in [4.69, 9.17) is 28.4 Å². The van der Waals surface area contributed by atoms with E-state index in [9.17, 15) is 75.7 Å². The first kappa shape index (κ1) is 80.2. The minimum Gasteiger partial charge on any atom is -0.477 e. The van der Waals surface area contributed by atoms with Crippen LogP contribution in [-0.2, 0) is 42.8 Å². The normalized spacial score (nSPS) is 29.0. The highest BCUT2D eigenvalue weighted by molar-refractivity contribution is 5.77. The van der Waals surface area contributed by atoms with Gasteiger partial charge in [-0.1, -0.05) is 198 Å². The molecule has 3 rings (SSSR count). The summed E-state index contributed by atoms with van der Waals surface area (Å²) in [7, 11) is 0. The van der Waals surface area contributed by atoms with Gasteiger partial charge in [-0.05, 0) is 44.9 Å². The highest BCUT2D eigenvalue weighted by atomic mass is 16.8. The van der Waals surface area contributed by atoms with E-state index in [2.05, 4.69) is 48.8 Å². The van der Waals surface area contributed by atoms with Crippen molar-refractivity contribution in [3.05, 3.63) is 36.5 Å². The van der Waals surface area contributed by atoms with Crippen LogP contribution in [0.3, 0.4) is 0 Å². The Morgan fingerprint density at radius 2 is 1.12 bits per heavy atom. The summed E-state index contributed by atoms with van der Waals surface area (Å²) in [5.74, 6) is -6.15. The number of ether oxygens (including phenoxy) is 6. The van der Waals surface area contributed by atoms with Crippen LogP contribution in [0.4, 0.5) is 0 Å². The Balaban J connectivity index is 1.60. The van der Waals surface area contributed by atoms with E-state index in [0.717, 1.165) is 64.7 Å². The molecule has 0 aromatic carbocycles. The Kier molecular flexibility index (Phi) is 42.3. The van der Waals surface area contributed by atoms with Crippen LogP contribution < -0.4 is 10.6 Å². The van der Waals surface area contributed by atoms with E-state index >= 15 is 0 Å². The zero-order valence-electron chi connectivity index (χ0n) is 53.8. The number of allylic oxidation sites excluding steroid dienone is 5. The van der Waals surface area contributed by atoms with Gasteiger partial charge in [-0.15, -0.1) is 0 Å². The molecule has 3 fully saturated rings. The van der Waals surface area contributed by atoms with Crippen molar-refractivity contribution in [2.75, 3.05) is 26.4 Å². The number of unbranched alkanes of at least 4 members (excludes halogenated alkanes) is 26. The van der Waals surface area contributed by atoms with Crippen LogP contribution in [0.25, 0.3) is 0 Å². The van der Waals surface area contributed by atoms with Crippen LogP contribution in [-0.4, -0.2) is 215 Å². The number of carboxylic acids is 1. The first-order valence-corrected chi connectivity index (χ1v) is 33.9. The van der Waals surface area contributed by atoms with E-state index in [-0.39, 0.29) is 12.3 Å². The first-order chi connectivity index (χ1) is 42.9. The number of carboxylic acid groups (broad SMARTS) is 1. The lowest BCUT2D eigenvalue weighted by Gasteiger charge is -2.50. The third kappa shape index (κ3) is 29.8. The van der Waals surface area contributed by atoms with Crippen molar-refractivity contribution in [3.63, 3.8) is 0 Å². The molecule has 518 valence electrons. The van der Waals surface area contributed by atoms with Gasteiger partial charge in [0.05, 0.1) is 50.7 Å². The molecule has 0 spiro atoms. The molecule has 23 heteroatoms. The van der Waals surface area contributed by atoms with Crippen molar-refractivity contribution in [2.24, 2.45) is 0 Å². The monoisotopic (exact) mass is 1270 g/mol. The summed E-state index contributed by atoms with van der Waals surface area (Å²) in [6.45, 7) is 2.02. The minimum absolute atomic E-state index is 0.199. The van der Waals surface area contributed by atoms with Gasteiger partial charge in [0.15, 0.2) is 12.6 Å². The molecule has 0 aromatic heterocycles. The van der Waals surface area contributed by atoms with Crippen LogP contribution in [0.1, 0.15) is 226 Å². The van der Waals surface area contributed by atoms with Gasteiger partial charge in [0.1, 0.15) is 67.1 Å².